The Bertz CT molecular complexity index is 645. The summed E-state index contributed by atoms with van der Waals surface area (Å²) in [5.74, 6) is 2.96. The van der Waals surface area contributed by atoms with Gasteiger partial charge in [0, 0.05) is 17.0 Å². The van der Waals surface area contributed by atoms with Crippen molar-refractivity contribution in [3.05, 3.63) is 17.0 Å². The van der Waals surface area contributed by atoms with E-state index in [0.29, 0.717) is 17.5 Å². The highest BCUT2D eigenvalue weighted by molar-refractivity contribution is 5.96. The molecule has 5 heteroatoms. The van der Waals surface area contributed by atoms with Crippen molar-refractivity contribution in [3.8, 4) is 0 Å². The van der Waals surface area contributed by atoms with Crippen LogP contribution in [0, 0.1) is 23.7 Å². The second-order valence-electron chi connectivity index (χ2n) is 8.02. The number of aromatic amines is 1. The van der Waals surface area contributed by atoms with Crippen LogP contribution < -0.4 is 5.43 Å². The summed E-state index contributed by atoms with van der Waals surface area (Å²) < 4.78 is 0. The zero-order valence-electron chi connectivity index (χ0n) is 13.5. The maximum absolute atomic E-state index is 12.5. The van der Waals surface area contributed by atoms with Gasteiger partial charge >= 0.3 is 0 Å². The van der Waals surface area contributed by atoms with Crippen molar-refractivity contribution in [2.45, 2.75) is 57.8 Å². The van der Waals surface area contributed by atoms with Gasteiger partial charge in [-0.05, 0) is 81.5 Å². The number of H-pyrrole nitrogens is 1. The lowest BCUT2D eigenvalue weighted by Crippen LogP contribution is -2.46. The first kappa shape index (κ1) is 13.8. The standard InChI is InChI=1S/C18H24N4O/c23-18(17-14-3-1-2-4-15(14)19-21-17)22-20-16-12-6-10-5-11(8-12)9-13(16)7-10/h10-13H,1-9H2,(H,19,21)(H,22,23). The highest BCUT2D eigenvalue weighted by Crippen LogP contribution is 2.52. The molecule has 1 heterocycles. The molecule has 2 N–H and O–H groups in total. The number of fused-ring (bicyclic) bond motifs is 1. The van der Waals surface area contributed by atoms with E-state index >= 15 is 0 Å². The first-order chi connectivity index (χ1) is 11.3. The molecule has 0 unspecified atom stereocenters. The Morgan fingerprint density at radius 2 is 1.74 bits per heavy atom. The first-order valence-corrected chi connectivity index (χ1v) is 9.22. The summed E-state index contributed by atoms with van der Waals surface area (Å²) in [5, 5.41) is 11.9. The van der Waals surface area contributed by atoms with Gasteiger partial charge in [0.05, 0.1) is 0 Å². The molecular weight excluding hydrogens is 288 g/mol. The number of hydrogen-bond donors (Lipinski definition) is 2. The van der Waals surface area contributed by atoms with Crippen LogP contribution in [0.5, 0.6) is 0 Å². The minimum absolute atomic E-state index is 0.134. The molecule has 4 saturated carbocycles. The molecule has 122 valence electrons. The summed E-state index contributed by atoms with van der Waals surface area (Å²) >= 11 is 0. The van der Waals surface area contributed by atoms with Crippen molar-refractivity contribution in [1.82, 2.24) is 15.6 Å². The SMILES string of the molecule is O=C(NN=C1C2CC3CC(C2)CC1C3)c1n[nH]c2c1CCCC2. The van der Waals surface area contributed by atoms with Gasteiger partial charge in [0.15, 0.2) is 5.69 Å². The van der Waals surface area contributed by atoms with Crippen LogP contribution in [0.25, 0.3) is 0 Å². The maximum atomic E-state index is 12.5. The number of carbonyl (C=O) groups excluding carboxylic acids is 1. The third-order valence-electron chi connectivity index (χ3n) is 6.53. The van der Waals surface area contributed by atoms with E-state index in [0.717, 1.165) is 42.4 Å². The fourth-order valence-corrected chi connectivity index (χ4v) is 5.69. The average molecular weight is 312 g/mol. The zero-order chi connectivity index (χ0) is 15.4. The van der Waals surface area contributed by atoms with E-state index in [1.165, 1.54) is 44.2 Å². The van der Waals surface area contributed by atoms with E-state index in [-0.39, 0.29) is 5.91 Å². The van der Waals surface area contributed by atoms with Crippen LogP contribution in [-0.2, 0) is 12.8 Å². The molecule has 1 amide bonds. The fraction of sp³-hybridized carbons (Fsp3) is 0.722. The third kappa shape index (κ3) is 2.24. The molecule has 0 saturated heterocycles. The molecule has 0 aromatic carbocycles. The van der Waals surface area contributed by atoms with Gasteiger partial charge in [0.1, 0.15) is 0 Å². The zero-order valence-corrected chi connectivity index (χ0v) is 13.5. The molecule has 0 radical (unpaired) electrons. The predicted molar refractivity (Wildman–Crippen MR) is 87.2 cm³/mol. The Balaban J connectivity index is 1.34. The topological polar surface area (TPSA) is 70.1 Å². The van der Waals surface area contributed by atoms with E-state index in [1.807, 2.05) is 0 Å². The maximum Gasteiger partial charge on any atom is 0.292 e. The minimum atomic E-state index is -0.134. The van der Waals surface area contributed by atoms with Crippen molar-refractivity contribution < 1.29 is 4.79 Å². The van der Waals surface area contributed by atoms with Gasteiger partial charge in [-0.15, -0.1) is 0 Å². The van der Waals surface area contributed by atoms with E-state index in [1.54, 1.807) is 0 Å². The van der Waals surface area contributed by atoms with Crippen LogP contribution in [0.4, 0.5) is 0 Å². The molecule has 4 bridgehead atoms. The monoisotopic (exact) mass is 312 g/mol. The number of carbonyl (C=O) groups is 1. The van der Waals surface area contributed by atoms with Crippen LogP contribution in [0.2, 0.25) is 0 Å². The molecule has 5 nitrogen and oxygen atoms in total. The van der Waals surface area contributed by atoms with Gasteiger partial charge < -0.3 is 0 Å². The Labute approximate surface area is 136 Å². The lowest BCUT2D eigenvalue weighted by atomic mass is 9.55. The van der Waals surface area contributed by atoms with Crippen molar-refractivity contribution in [2.75, 3.05) is 0 Å². The fourth-order valence-electron chi connectivity index (χ4n) is 5.69. The van der Waals surface area contributed by atoms with Crippen LogP contribution in [0.15, 0.2) is 5.10 Å². The minimum Gasteiger partial charge on any atom is -0.281 e. The summed E-state index contributed by atoms with van der Waals surface area (Å²) in [7, 11) is 0. The van der Waals surface area contributed by atoms with Crippen LogP contribution >= 0.6 is 0 Å². The Hall–Kier alpha value is -1.65. The number of amides is 1. The van der Waals surface area contributed by atoms with E-state index in [2.05, 4.69) is 20.7 Å². The van der Waals surface area contributed by atoms with E-state index in [4.69, 9.17) is 0 Å². The second-order valence-corrected chi connectivity index (χ2v) is 8.02. The lowest BCUT2D eigenvalue weighted by Gasteiger charge is -2.50. The Morgan fingerprint density at radius 1 is 1.04 bits per heavy atom. The Morgan fingerprint density at radius 3 is 2.48 bits per heavy atom. The van der Waals surface area contributed by atoms with Crippen molar-refractivity contribution >= 4 is 11.6 Å². The summed E-state index contributed by atoms with van der Waals surface area (Å²) in [6.45, 7) is 0. The van der Waals surface area contributed by atoms with Gasteiger partial charge in [-0.2, -0.15) is 10.2 Å². The molecule has 1 aromatic rings. The van der Waals surface area contributed by atoms with E-state index < -0.39 is 0 Å². The first-order valence-electron chi connectivity index (χ1n) is 9.22. The van der Waals surface area contributed by atoms with E-state index in [9.17, 15) is 4.79 Å². The quantitative estimate of drug-likeness (QED) is 0.824. The van der Waals surface area contributed by atoms with Gasteiger partial charge in [-0.25, -0.2) is 5.43 Å². The molecule has 5 aliphatic rings. The summed E-state index contributed by atoms with van der Waals surface area (Å²) in [5.41, 5.74) is 6.92. The molecular formula is C18H24N4O. The number of aryl methyl sites for hydroxylation is 1. The predicted octanol–water partition coefficient (Wildman–Crippen LogP) is 2.83. The number of nitrogens with zero attached hydrogens (tertiary/aromatic N) is 2. The number of hydrazone groups is 1. The van der Waals surface area contributed by atoms with Crippen molar-refractivity contribution in [1.29, 1.82) is 0 Å². The Kier molecular flexibility index (Phi) is 3.10. The molecule has 1 aromatic heterocycles. The molecule has 4 fully saturated rings. The second kappa shape index (κ2) is 5.18. The highest BCUT2D eigenvalue weighted by Gasteiger charge is 2.46. The summed E-state index contributed by atoms with van der Waals surface area (Å²) in [6, 6.07) is 0. The van der Waals surface area contributed by atoms with Crippen molar-refractivity contribution in [3.63, 3.8) is 0 Å². The molecule has 0 atom stereocenters. The highest BCUT2D eigenvalue weighted by atomic mass is 16.2. The van der Waals surface area contributed by atoms with Crippen molar-refractivity contribution in [2.24, 2.45) is 28.8 Å². The molecule has 6 rings (SSSR count). The normalized spacial score (nSPS) is 34.3. The molecule has 0 aliphatic heterocycles. The lowest BCUT2D eigenvalue weighted by molar-refractivity contribution is 0.0937. The summed E-state index contributed by atoms with van der Waals surface area (Å²) in [6.07, 6.45) is 10.9. The van der Waals surface area contributed by atoms with Crippen LogP contribution in [0.3, 0.4) is 0 Å². The van der Waals surface area contributed by atoms with Gasteiger partial charge in [-0.3, -0.25) is 9.89 Å². The van der Waals surface area contributed by atoms with Gasteiger partial charge in [-0.1, -0.05) is 0 Å². The molecule has 0 spiro atoms. The number of rotatable bonds is 2. The average Bonchev–Trinajstić information content (AvgIpc) is 2.97. The molecule has 23 heavy (non-hydrogen) atoms. The smallest absolute Gasteiger partial charge is 0.281 e. The summed E-state index contributed by atoms with van der Waals surface area (Å²) in [4.78, 5) is 12.5. The van der Waals surface area contributed by atoms with Crippen LogP contribution in [0.1, 0.15) is 66.7 Å². The number of hydrogen-bond acceptors (Lipinski definition) is 3. The third-order valence-corrected chi connectivity index (χ3v) is 6.53. The largest absolute Gasteiger partial charge is 0.292 e. The number of nitrogens with one attached hydrogen (secondary N) is 2. The van der Waals surface area contributed by atoms with Gasteiger partial charge in [0.25, 0.3) is 5.91 Å². The molecule has 5 aliphatic carbocycles. The van der Waals surface area contributed by atoms with Crippen LogP contribution in [-0.4, -0.2) is 21.8 Å². The van der Waals surface area contributed by atoms with Gasteiger partial charge in [0.2, 0.25) is 0 Å². The number of aromatic nitrogens is 2.